The van der Waals surface area contributed by atoms with E-state index in [0.29, 0.717) is 21.4 Å². The Bertz CT molecular complexity index is 670. The van der Waals surface area contributed by atoms with Gasteiger partial charge in [0, 0.05) is 10.7 Å². The van der Waals surface area contributed by atoms with Gasteiger partial charge in [-0.2, -0.15) is 10.4 Å². The zero-order valence-corrected chi connectivity index (χ0v) is 11.0. The van der Waals surface area contributed by atoms with Crippen LogP contribution >= 0.6 is 15.9 Å². The normalized spacial score (nSPS) is 10.1. The average Bonchev–Trinajstić information content (AvgIpc) is 2.71. The van der Waals surface area contributed by atoms with Crippen LogP contribution in [0.1, 0.15) is 21.6 Å². The minimum absolute atomic E-state index is 0.162. The highest BCUT2D eigenvalue weighted by Gasteiger charge is 2.13. The van der Waals surface area contributed by atoms with Gasteiger partial charge in [0.25, 0.3) is 0 Å². The van der Waals surface area contributed by atoms with Crippen LogP contribution in [0.25, 0.3) is 5.69 Å². The number of carbonyl (C=O) groups is 1. The minimum Gasteiger partial charge on any atom is -0.478 e. The van der Waals surface area contributed by atoms with Crippen LogP contribution in [-0.2, 0) is 0 Å². The molecule has 1 aromatic heterocycles. The average molecular weight is 306 g/mol. The highest BCUT2D eigenvalue weighted by molar-refractivity contribution is 9.10. The molecule has 0 radical (unpaired) electrons. The van der Waals surface area contributed by atoms with Crippen molar-refractivity contribution in [3.8, 4) is 11.8 Å². The molecular weight excluding hydrogens is 298 g/mol. The lowest BCUT2D eigenvalue weighted by atomic mass is 10.2. The van der Waals surface area contributed by atoms with E-state index in [0.717, 1.165) is 0 Å². The van der Waals surface area contributed by atoms with Crippen molar-refractivity contribution >= 4 is 21.9 Å². The van der Waals surface area contributed by atoms with Crippen LogP contribution < -0.4 is 0 Å². The summed E-state index contributed by atoms with van der Waals surface area (Å²) in [5.41, 5.74) is 1.82. The van der Waals surface area contributed by atoms with Crippen LogP contribution in [0.3, 0.4) is 0 Å². The van der Waals surface area contributed by atoms with Gasteiger partial charge in [-0.25, -0.2) is 9.48 Å². The highest BCUT2D eigenvalue weighted by atomic mass is 79.9. The fourth-order valence-corrected chi connectivity index (χ4v) is 1.99. The number of carboxylic acids is 1. The van der Waals surface area contributed by atoms with Crippen molar-refractivity contribution in [3.63, 3.8) is 0 Å². The maximum absolute atomic E-state index is 10.9. The van der Waals surface area contributed by atoms with E-state index in [-0.39, 0.29) is 5.56 Å². The number of nitriles is 1. The van der Waals surface area contributed by atoms with Crippen molar-refractivity contribution in [1.82, 2.24) is 9.78 Å². The fourth-order valence-electron chi connectivity index (χ4n) is 1.54. The SMILES string of the molecule is Cc1nn(-c2ccc(C#N)c(Br)c2)cc1C(=O)O. The summed E-state index contributed by atoms with van der Waals surface area (Å²) in [6, 6.07) is 7.12. The fraction of sp³-hybridized carbons (Fsp3) is 0.0833. The number of nitrogens with zero attached hydrogens (tertiary/aromatic N) is 3. The lowest BCUT2D eigenvalue weighted by Crippen LogP contribution is -1.96. The molecule has 5 nitrogen and oxygen atoms in total. The number of hydrogen-bond acceptors (Lipinski definition) is 3. The maximum Gasteiger partial charge on any atom is 0.339 e. The number of benzene rings is 1. The van der Waals surface area contributed by atoms with Crippen molar-refractivity contribution in [1.29, 1.82) is 5.26 Å². The van der Waals surface area contributed by atoms with Gasteiger partial charge in [0.05, 0.1) is 16.9 Å². The zero-order chi connectivity index (χ0) is 13.3. The molecule has 0 fully saturated rings. The van der Waals surface area contributed by atoms with Gasteiger partial charge >= 0.3 is 5.97 Å². The lowest BCUT2D eigenvalue weighted by Gasteiger charge is -2.02. The van der Waals surface area contributed by atoms with Crippen molar-refractivity contribution in [2.45, 2.75) is 6.92 Å². The first-order valence-electron chi connectivity index (χ1n) is 5.02. The molecule has 0 saturated carbocycles. The Labute approximate surface area is 111 Å². The van der Waals surface area contributed by atoms with Crippen LogP contribution in [0.5, 0.6) is 0 Å². The molecule has 0 aliphatic rings. The summed E-state index contributed by atoms with van der Waals surface area (Å²) in [6.45, 7) is 1.64. The quantitative estimate of drug-likeness (QED) is 0.924. The summed E-state index contributed by atoms with van der Waals surface area (Å²) >= 11 is 3.28. The summed E-state index contributed by atoms with van der Waals surface area (Å²) in [6.07, 6.45) is 1.45. The molecule has 0 spiro atoms. The topological polar surface area (TPSA) is 78.9 Å². The summed E-state index contributed by atoms with van der Waals surface area (Å²) in [4.78, 5) is 10.9. The molecule has 0 bridgehead atoms. The summed E-state index contributed by atoms with van der Waals surface area (Å²) in [5.74, 6) is -1.01. The molecule has 0 saturated heterocycles. The number of aromatic carboxylic acids is 1. The number of aromatic nitrogens is 2. The van der Waals surface area contributed by atoms with E-state index in [1.165, 1.54) is 10.9 Å². The molecule has 18 heavy (non-hydrogen) atoms. The second-order valence-electron chi connectivity index (χ2n) is 3.65. The van der Waals surface area contributed by atoms with Crippen molar-refractivity contribution in [2.75, 3.05) is 0 Å². The Morgan fingerprint density at radius 3 is 2.78 bits per heavy atom. The van der Waals surface area contributed by atoms with E-state index in [1.807, 2.05) is 6.07 Å². The van der Waals surface area contributed by atoms with E-state index in [2.05, 4.69) is 21.0 Å². The first kappa shape index (κ1) is 12.3. The molecule has 6 heteroatoms. The maximum atomic E-state index is 10.9. The number of carboxylic acid groups (broad SMARTS) is 1. The molecule has 0 aliphatic heterocycles. The van der Waals surface area contributed by atoms with Crippen LogP contribution in [0.15, 0.2) is 28.9 Å². The zero-order valence-electron chi connectivity index (χ0n) is 9.38. The van der Waals surface area contributed by atoms with Gasteiger partial charge in [-0.1, -0.05) is 0 Å². The molecule has 0 aliphatic carbocycles. The Balaban J connectivity index is 2.50. The van der Waals surface area contributed by atoms with E-state index < -0.39 is 5.97 Å². The van der Waals surface area contributed by atoms with Gasteiger partial charge < -0.3 is 5.11 Å². The van der Waals surface area contributed by atoms with Crippen LogP contribution in [0.2, 0.25) is 0 Å². The number of aryl methyl sites for hydroxylation is 1. The standard InChI is InChI=1S/C12H8BrN3O2/c1-7-10(12(17)18)6-16(15-7)9-3-2-8(5-14)11(13)4-9/h2-4,6H,1H3,(H,17,18). The molecule has 2 rings (SSSR count). The van der Waals surface area contributed by atoms with Gasteiger partial charge in [0.2, 0.25) is 0 Å². The van der Waals surface area contributed by atoms with Crippen molar-refractivity contribution in [2.24, 2.45) is 0 Å². The van der Waals surface area contributed by atoms with Gasteiger partial charge in [-0.15, -0.1) is 0 Å². The second-order valence-corrected chi connectivity index (χ2v) is 4.51. The first-order valence-corrected chi connectivity index (χ1v) is 5.82. The van der Waals surface area contributed by atoms with Crippen LogP contribution in [0, 0.1) is 18.3 Å². The van der Waals surface area contributed by atoms with Gasteiger partial charge in [-0.3, -0.25) is 0 Å². The highest BCUT2D eigenvalue weighted by Crippen LogP contribution is 2.20. The predicted octanol–water partition coefficient (Wildman–Crippen LogP) is 2.51. The molecule has 0 unspecified atom stereocenters. The summed E-state index contributed by atoms with van der Waals surface area (Å²) in [5, 5.41) is 21.9. The third-order valence-electron chi connectivity index (χ3n) is 2.47. The van der Waals surface area contributed by atoms with E-state index >= 15 is 0 Å². The van der Waals surface area contributed by atoms with Gasteiger partial charge in [-0.05, 0) is 41.1 Å². The lowest BCUT2D eigenvalue weighted by molar-refractivity contribution is 0.0696. The number of rotatable bonds is 2. The Morgan fingerprint density at radius 2 is 2.28 bits per heavy atom. The molecule has 2 aromatic rings. The van der Waals surface area contributed by atoms with E-state index in [4.69, 9.17) is 10.4 Å². The third kappa shape index (κ3) is 2.13. The Kier molecular flexibility index (Phi) is 3.17. The van der Waals surface area contributed by atoms with Gasteiger partial charge in [0.15, 0.2) is 0 Å². The first-order chi connectivity index (χ1) is 8.52. The molecule has 1 heterocycles. The molecular formula is C12H8BrN3O2. The summed E-state index contributed by atoms with van der Waals surface area (Å²) < 4.78 is 2.12. The van der Waals surface area contributed by atoms with E-state index in [9.17, 15) is 4.79 Å². The largest absolute Gasteiger partial charge is 0.478 e. The third-order valence-corrected chi connectivity index (χ3v) is 3.12. The monoisotopic (exact) mass is 305 g/mol. The molecule has 90 valence electrons. The van der Waals surface area contributed by atoms with E-state index in [1.54, 1.807) is 25.1 Å². The minimum atomic E-state index is -1.01. The summed E-state index contributed by atoms with van der Waals surface area (Å²) in [7, 11) is 0. The molecule has 0 amide bonds. The molecule has 1 N–H and O–H groups in total. The second kappa shape index (κ2) is 4.63. The Morgan fingerprint density at radius 1 is 1.56 bits per heavy atom. The van der Waals surface area contributed by atoms with Crippen LogP contribution in [-0.4, -0.2) is 20.9 Å². The Hall–Kier alpha value is -2.13. The molecule has 1 aromatic carbocycles. The van der Waals surface area contributed by atoms with Crippen LogP contribution in [0.4, 0.5) is 0 Å². The van der Waals surface area contributed by atoms with Crippen molar-refractivity contribution in [3.05, 3.63) is 45.7 Å². The van der Waals surface area contributed by atoms with Crippen molar-refractivity contribution < 1.29 is 9.90 Å². The number of hydrogen-bond donors (Lipinski definition) is 1. The van der Waals surface area contributed by atoms with Gasteiger partial charge in [0.1, 0.15) is 11.6 Å². The predicted molar refractivity (Wildman–Crippen MR) is 67.7 cm³/mol. The smallest absolute Gasteiger partial charge is 0.339 e. The molecule has 0 atom stereocenters. The number of halogens is 1.